The van der Waals surface area contributed by atoms with Crippen LogP contribution in [0.5, 0.6) is 0 Å². The van der Waals surface area contributed by atoms with Gasteiger partial charge in [-0.2, -0.15) is 0 Å². The van der Waals surface area contributed by atoms with Gasteiger partial charge in [0.15, 0.2) is 0 Å². The lowest BCUT2D eigenvalue weighted by molar-refractivity contribution is 0.862. The second-order valence-corrected chi connectivity index (χ2v) is 18.8. The summed E-state index contributed by atoms with van der Waals surface area (Å²) < 4.78 is 0. The zero-order chi connectivity index (χ0) is 17.1. The molecule has 0 rings (SSSR count). The third kappa shape index (κ3) is 7.16. The number of allylic oxidation sites excluding steroid dienone is 2. The molecule has 0 atom stereocenters. The molecule has 0 bridgehead atoms. The Bertz CT molecular complexity index is 282. The van der Waals surface area contributed by atoms with E-state index in [4.69, 9.17) is 0 Å². The molecule has 0 aliphatic carbocycles. The molecule has 0 aliphatic heterocycles. The summed E-state index contributed by atoms with van der Waals surface area (Å²) in [5.74, 6) is 0. The summed E-state index contributed by atoms with van der Waals surface area (Å²) in [7, 11) is -1.78. The van der Waals surface area contributed by atoms with Crippen molar-refractivity contribution in [3.63, 3.8) is 0 Å². The second kappa shape index (κ2) is 11.7. The molecule has 0 amide bonds. The Morgan fingerprint density at radius 2 is 1.09 bits per heavy atom. The van der Waals surface area contributed by atoms with Gasteiger partial charge in [0.05, 0.1) is 16.1 Å². The highest BCUT2D eigenvalue weighted by Crippen LogP contribution is 2.29. The Labute approximate surface area is 144 Å². The Morgan fingerprint density at radius 1 is 0.682 bits per heavy atom. The molecule has 0 saturated heterocycles. The fourth-order valence-corrected chi connectivity index (χ4v) is 10.8. The Hall–Kier alpha value is 0.174. The largest absolute Gasteiger partial charge is 0.0859 e. The molecule has 0 aromatic heterocycles. The van der Waals surface area contributed by atoms with Crippen LogP contribution in [0, 0.1) is 0 Å². The SMILES string of the molecule is CC[Si](CC)(CC)CC/C=C(/C)CCC[Si](CC)(CC)CC. The van der Waals surface area contributed by atoms with Gasteiger partial charge in [0.2, 0.25) is 0 Å². The number of hydrogen-bond acceptors (Lipinski definition) is 0. The zero-order valence-corrected chi connectivity index (χ0v) is 18.9. The lowest BCUT2D eigenvalue weighted by Crippen LogP contribution is -2.30. The quantitative estimate of drug-likeness (QED) is 0.234. The van der Waals surface area contributed by atoms with Crippen LogP contribution in [-0.2, 0) is 0 Å². The van der Waals surface area contributed by atoms with E-state index in [9.17, 15) is 0 Å². The Kier molecular flexibility index (Phi) is 11.8. The van der Waals surface area contributed by atoms with Crippen molar-refractivity contribution in [2.24, 2.45) is 0 Å². The summed E-state index contributed by atoms with van der Waals surface area (Å²) in [4.78, 5) is 0. The van der Waals surface area contributed by atoms with Crippen LogP contribution in [0.15, 0.2) is 11.6 Å². The molecular formula is C20H44Si2. The fourth-order valence-electron chi connectivity index (χ4n) is 4.03. The first-order chi connectivity index (χ1) is 10.5. The van der Waals surface area contributed by atoms with E-state index in [0.29, 0.717) is 0 Å². The van der Waals surface area contributed by atoms with Crippen molar-refractivity contribution in [1.29, 1.82) is 0 Å². The van der Waals surface area contributed by atoms with Crippen LogP contribution in [-0.4, -0.2) is 16.1 Å². The van der Waals surface area contributed by atoms with Crippen LogP contribution in [0.4, 0.5) is 0 Å². The topological polar surface area (TPSA) is 0 Å². The van der Waals surface area contributed by atoms with Gasteiger partial charge in [0, 0.05) is 0 Å². The van der Waals surface area contributed by atoms with E-state index in [1.807, 2.05) is 0 Å². The molecule has 0 aromatic rings. The van der Waals surface area contributed by atoms with Crippen molar-refractivity contribution in [3.8, 4) is 0 Å². The van der Waals surface area contributed by atoms with Crippen LogP contribution in [0.2, 0.25) is 48.4 Å². The molecule has 0 nitrogen and oxygen atoms in total. The second-order valence-electron chi connectivity index (χ2n) is 7.56. The van der Waals surface area contributed by atoms with E-state index < -0.39 is 16.1 Å². The summed E-state index contributed by atoms with van der Waals surface area (Å²) in [6.07, 6.45) is 6.73. The van der Waals surface area contributed by atoms with Gasteiger partial charge < -0.3 is 0 Å². The predicted octanol–water partition coefficient (Wildman–Crippen LogP) is 8.12. The third-order valence-electron chi connectivity index (χ3n) is 6.95. The fraction of sp³-hybridized carbons (Fsp3) is 0.900. The van der Waals surface area contributed by atoms with Crippen molar-refractivity contribution in [2.75, 3.05) is 0 Å². The van der Waals surface area contributed by atoms with Gasteiger partial charge in [0.1, 0.15) is 0 Å². The monoisotopic (exact) mass is 340 g/mol. The summed E-state index contributed by atoms with van der Waals surface area (Å²) >= 11 is 0. The van der Waals surface area contributed by atoms with Crippen LogP contribution < -0.4 is 0 Å². The van der Waals surface area contributed by atoms with Crippen LogP contribution >= 0.6 is 0 Å². The first-order valence-corrected chi connectivity index (χ1v) is 15.8. The number of hydrogen-bond donors (Lipinski definition) is 0. The van der Waals surface area contributed by atoms with Crippen LogP contribution in [0.3, 0.4) is 0 Å². The zero-order valence-electron chi connectivity index (χ0n) is 16.9. The highest BCUT2D eigenvalue weighted by molar-refractivity contribution is 6.80. The summed E-state index contributed by atoms with van der Waals surface area (Å²) in [5.41, 5.74) is 1.66. The van der Waals surface area contributed by atoms with Crippen molar-refractivity contribution in [3.05, 3.63) is 11.6 Å². The first kappa shape index (κ1) is 22.2. The van der Waals surface area contributed by atoms with E-state index in [0.717, 1.165) is 0 Å². The van der Waals surface area contributed by atoms with Gasteiger partial charge in [-0.05, 0) is 19.8 Å². The van der Waals surface area contributed by atoms with Crippen molar-refractivity contribution >= 4 is 16.1 Å². The molecule has 0 radical (unpaired) electrons. The molecule has 0 aromatic carbocycles. The maximum absolute atomic E-state index is 2.58. The maximum Gasteiger partial charge on any atom is 0.0530 e. The molecule has 0 aliphatic rings. The Balaban J connectivity index is 4.24. The van der Waals surface area contributed by atoms with Crippen LogP contribution in [0.25, 0.3) is 0 Å². The molecule has 0 unspecified atom stereocenters. The van der Waals surface area contributed by atoms with Crippen LogP contribution in [0.1, 0.15) is 67.7 Å². The van der Waals surface area contributed by atoms with Gasteiger partial charge in [0.25, 0.3) is 0 Å². The van der Waals surface area contributed by atoms with Gasteiger partial charge in [-0.3, -0.25) is 0 Å². The molecular weight excluding hydrogens is 296 g/mol. The first-order valence-electron chi connectivity index (χ1n) is 10.1. The van der Waals surface area contributed by atoms with Gasteiger partial charge in [-0.25, -0.2) is 0 Å². The minimum Gasteiger partial charge on any atom is -0.0859 e. The van der Waals surface area contributed by atoms with E-state index in [1.165, 1.54) is 61.6 Å². The highest BCUT2D eigenvalue weighted by atomic mass is 28.3. The predicted molar refractivity (Wildman–Crippen MR) is 112 cm³/mol. The minimum atomic E-state index is -0.900. The van der Waals surface area contributed by atoms with E-state index in [-0.39, 0.29) is 0 Å². The van der Waals surface area contributed by atoms with Gasteiger partial charge >= 0.3 is 0 Å². The minimum absolute atomic E-state index is 0.883. The maximum atomic E-state index is 2.58. The van der Waals surface area contributed by atoms with Gasteiger partial charge in [-0.15, -0.1) is 0 Å². The standard InChI is InChI=1S/C20H44Si2/c1-8-21(9-2,10-3)18-14-16-20(7)17-15-19-22(11-4,12-5)13-6/h16H,8-15,17-19H2,1-7H3/b20-16-. The average Bonchev–Trinajstić information content (AvgIpc) is 2.56. The highest BCUT2D eigenvalue weighted by Gasteiger charge is 2.26. The molecule has 0 fully saturated rings. The van der Waals surface area contributed by atoms with Crippen molar-refractivity contribution in [1.82, 2.24) is 0 Å². The molecule has 22 heavy (non-hydrogen) atoms. The van der Waals surface area contributed by atoms with Crippen molar-refractivity contribution in [2.45, 2.75) is 116 Å². The molecule has 132 valence electrons. The molecule has 0 saturated carbocycles. The van der Waals surface area contributed by atoms with E-state index >= 15 is 0 Å². The smallest absolute Gasteiger partial charge is 0.0530 e. The summed E-state index contributed by atoms with van der Waals surface area (Å²) in [5, 5.41) is 0. The molecule has 2 heteroatoms. The average molecular weight is 341 g/mol. The summed E-state index contributed by atoms with van der Waals surface area (Å²) in [6, 6.07) is 12.0. The normalized spacial score (nSPS) is 13.7. The lowest BCUT2D eigenvalue weighted by atomic mass is 10.1. The summed E-state index contributed by atoms with van der Waals surface area (Å²) in [6.45, 7) is 17.0. The molecule has 0 N–H and O–H groups in total. The lowest BCUT2D eigenvalue weighted by Gasteiger charge is -2.28. The van der Waals surface area contributed by atoms with E-state index in [2.05, 4.69) is 54.5 Å². The molecule has 0 spiro atoms. The number of rotatable bonds is 13. The Morgan fingerprint density at radius 3 is 1.50 bits per heavy atom. The van der Waals surface area contributed by atoms with E-state index in [1.54, 1.807) is 11.6 Å². The molecule has 0 heterocycles. The van der Waals surface area contributed by atoms with Crippen molar-refractivity contribution < 1.29 is 0 Å². The third-order valence-corrected chi connectivity index (χ3v) is 18.7. The van der Waals surface area contributed by atoms with Gasteiger partial charge in [-0.1, -0.05) is 108 Å².